The molecule has 1 saturated heterocycles. The molecule has 1 aliphatic heterocycles. The molecule has 0 aliphatic carbocycles. The van der Waals surface area contributed by atoms with Gasteiger partial charge in [-0.2, -0.15) is 0 Å². The minimum Gasteiger partial charge on any atom is -0.466 e. The van der Waals surface area contributed by atoms with Crippen LogP contribution in [0.2, 0.25) is 0 Å². The second kappa shape index (κ2) is 41.1. The Hall–Kier alpha value is -2.64. The molecule has 1 heterocycles. The zero-order valence-electron chi connectivity index (χ0n) is 38.8. The van der Waals surface area contributed by atoms with Crippen molar-refractivity contribution in [2.75, 3.05) is 19.8 Å². The molecule has 6 N–H and O–H groups in total. The van der Waals surface area contributed by atoms with Crippen LogP contribution in [0, 0.1) is 0 Å². The smallest absolute Gasteiger partial charge is 0.305 e. The summed E-state index contributed by atoms with van der Waals surface area (Å²) in [5.41, 5.74) is 0. The van der Waals surface area contributed by atoms with Crippen molar-refractivity contribution in [2.45, 2.75) is 230 Å². The molecule has 7 unspecified atom stereocenters. The molecule has 0 spiro atoms. The third-order valence-electron chi connectivity index (χ3n) is 11.1. The molecule has 1 aliphatic rings. The molecule has 0 aromatic heterocycles. The number of carbonyl (C=O) groups excluding carboxylic acids is 2. The van der Waals surface area contributed by atoms with Crippen molar-refractivity contribution in [2.24, 2.45) is 0 Å². The quantitative estimate of drug-likeness (QED) is 0.0198. The Morgan fingerprint density at radius 3 is 1.69 bits per heavy atom. The fraction of sp³-hybridized carbons (Fsp3) is 0.765. The van der Waals surface area contributed by atoms with Crippen LogP contribution < -0.4 is 5.32 Å². The topological polar surface area (TPSA) is 175 Å². The lowest BCUT2D eigenvalue weighted by atomic mass is 9.99. The molecule has 1 amide bonds. The monoisotopic (exact) mass is 876 g/mol. The maximum absolute atomic E-state index is 12.9. The number of allylic oxidation sites excluding steroid dienone is 9. The second-order valence-electron chi connectivity index (χ2n) is 16.8. The summed E-state index contributed by atoms with van der Waals surface area (Å²) in [6, 6.07) is -0.853. The lowest BCUT2D eigenvalue weighted by Gasteiger charge is -2.40. The van der Waals surface area contributed by atoms with Gasteiger partial charge in [0, 0.05) is 12.8 Å². The van der Waals surface area contributed by atoms with E-state index in [1.54, 1.807) is 6.08 Å². The van der Waals surface area contributed by atoms with Crippen molar-refractivity contribution in [3.8, 4) is 0 Å². The van der Waals surface area contributed by atoms with E-state index in [1.807, 2.05) is 19.1 Å². The molecular weight excluding hydrogens is 787 g/mol. The predicted octanol–water partition coefficient (Wildman–Crippen LogP) is 9.55. The summed E-state index contributed by atoms with van der Waals surface area (Å²) in [5.74, 6) is -0.288. The van der Waals surface area contributed by atoms with Crippen LogP contribution in [0.1, 0.15) is 187 Å². The molecule has 358 valence electrons. The maximum atomic E-state index is 12.9. The number of carbonyl (C=O) groups is 2. The molecular formula is C51H89NO10. The van der Waals surface area contributed by atoms with Crippen LogP contribution in [0.3, 0.4) is 0 Å². The molecule has 1 fully saturated rings. The van der Waals surface area contributed by atoms with Gasteiger partial charge in [0.1, 0.15) is 24.4 Å². The van der Waals surface area contributed by atoms with Crippen molar-refractivity contribution in [3.63, 3.8) is 0 Å². The van der Waals surface area contributed by atoms with Gasteiger partial charge < -0.3 is 45.1 Å². The molecule has 62 heavy (non-hydrogen) atoms. The molecule has 11 heteroatoms. The zero-order valence-corrected chi connectivity index (χ0v) is 38.8. The first-order chi connectivity index (χ1) is 30.2. The van der Waals surface area contributed by atoms with E-state index < -0.39 is 49.5 Å². The number of esters is 1. The van der Waals surface area contributed by atoms with E-state index in [2.05, 4.69) is 54.8 Å². The summed E-state index contributed by atoms with van der Waals surface area (Å²) < 4.78 is 16.6. The molecule has 0 radical (unpaired) electrons. The molecule has 7 atom stereocenters. The summed E-state index contributed by atoms with van der Waals surface area (Å²) in [6.07, 6.45) is 40.4. The van der Waals surface area contributed by atoms with E-state index in [0.717, 1.165) is 89.9 Å². The predicted molar refractivity (Wildman–Crippen MR) is 250 cm³/mol. The molecule has 0 saturated carbocycles. The second-order valence-corrected chi connectivity index (χ2v) is 16.8. The van der Waals surface area contributed by atoms with E-state index in [1.165, 1.54) is 57.8 Å². The van der Waals surface area contributed by atoms with Gasteiger partial charge >= 0.3 is 5.97 Å². The van der Waals surface area contributed by atoms with Crippen LogP contribution in [0.25, 0.3) is 0 Å². The van der Waals surface area contributed by atoms with E-state index in [0.29, 0.717) is 32.3 Å². The molecule has 0 aromatic carbocycles. The van der Waals surface area contributed by atoms with E-state index >= 15 is 0 Å². The Bertz CT molecular complexity index is 1220. The van der Waals surface area contributed by atoms with Crippen LogP contribution in [-0.2, 0) is 23.8 Å². The molecule has 0 bridgehead atoms. The summed E-state index contributed by atoms with van der Waals surface area (Å²) in [4.78, 5) is 25.0. The number of amides is 1. The minimum atomic E-state index is -1.59. The highest BCUT2D eigenvalue weighted by Crippen LogP contribution is 2.22. The maximum Gasteiger partial charge on any atom is 0.305 e. The van der Waals surface area contributed by atoms with Crippen molar-refractivity contribution in [3.05, 3.63) is 60.8 Å². The van der Waals surface area contributed by atoms with Crippen molar-refractivity contribution in [1.29, 1.82) is 0 Å². The third-order valence-corrected chi connectivity index (χ3v) is 11.1. The molecule has 1 rings (SSSR count). The highest BCUT2D eigenvalue weighted by molar-refractivity contribution is 5.76. The van der Waals surface area contributed by atoms with Gasteiger partial charge in [-0.3, -0.25) is 9.59 Å². The number of rotatable bonds is 40. The number of hydrogen-bond donors (Lipinski definition) is 6. The van der Waals surface area contributed by atoms with E-state index in [4.69, 9.17) is 14.2 Å². The standard InChI is InChI=1S/C51H89NO10/c1-3-5-7-9-11-13-14-15-19-23-27-31-35-39-47(56)60-40-36-32-28-24-20-17-16-18-22-26-30-34-38-46(55)52-43(44(54)37-33-29-25-21-12-10-8-6-4-2)42-61-51-50(59)49(58)48(57)45(41-53)62-51/h4,6,12-14,17,20-21,33,37,43-45,48-51,53-54,57-59H,3,5,7-11,15-16,18-19,22-32,34-36,38-42H2,1-2H3,(H,52,55)/b6-4+,14-13-,20-17-,21-12+,37-33+. The third kappa shape index (κ3) is 31.2. The number of aliphatic hydroxyl groups is 5. The van der Waals surface area contributed by atoms with Crippen LogP contribution in [0.15, 0.2) is 60.8 Å². The molecule has 11 nitrogen and oxygen atoms in total. The summed E-state index contributed by atoms with van der Waals surface area (Å²) >= 11 is 0. The first kappa shape index (κ1) is 57.4. The molecule has 0 aromatic rings. The van der Waals surface area contributed by atoms with Crippen molar-refractivity contribution in [1.82, 2.24) is 5.32 Å². The average molecular weight is 876 g/mol. The highest BCUT2D eigenvalue weighted by atomic mass is 16.7. The Kier molecular flexibility index (Phi) is 38.0. The van der Waals surface area contributed by atoms with Crippen molar-refractivity contribution < 1.29 is 49.3 Å². The highest BCUT2D eigenvalue weighted by Gasteiger charge is 2.44. The van der Waals surface area contributed by atoms with Gasteiger partial charge in [0.05, 0.1) is 32.0 Å². The van der Waals surface area contributed by atoms with E-state index in [-0.39, 0.29) is 18.5 Å². The van der Waals surface area contributed by atoms with Gasteiger partial charge in [-0.05, 0) is 110 Å². The summed E-state index contributed by atoms with van der Waals surface area (Å²) in [5, 5.41) is 53.9. The number of hydrogen-bond acceptors (Lipinski definition) is 10. The van der Waals surface area contributed by atoms with E-state index in [9.17, 15) is 35.1 Å². The van der Waals surface area contributed by atoms with Gasteiger partial charge in [0.25, 0.3) is 0 Å². The summed E-state index contributed by atoms with van der Waals surface area (Å²) in [6.45, 7) is 3.95. The first-order valence-corrected chi connectivity index (χ1v) is 24.5. The number of unbranched alkanes of at least 4 members (excludes halogenated alkanes) is 19. The van der Waals surface area contributed by atoms with Gasteiger partial charge in [0.2, 0.25) is 5.91 Å². The largest absolute Gasteiger partial charge is 0.466 e. The fourth-order valence-electron chi connectivity index (χ4n) is 7.16. The zero-order chi connectivity index (χ0) is 45.3. The Balaban J connectivity index is 2.19. The minimum absolute atomic E-state index is 0.0598. The SMILES string of the molecule is C/C=C/CC/C=C/CC/C=C/C(O)C(COC1OC(CO)C(O)C(O)C1O)NC(=O)CCCCCCC/C=C\CCCCCOC(=O)CCCCCCC/C=C\CCCCCC. The Labute approximate surface area is 376 Å². The van der Waals surface area contributed by atoms with Crippen molar-refractivity contribution >= 4 is 11.9 Å². The van der Waals surface area contributed by atoms with Crippen LogP contribution >= 0.6 is 0 Å². The normalized spacial score (nSPS) is 20.7. The number of ether oxygens (including phenoxy) is 3. The Morgan fingerprint density at radius 1 is 0.613 bits per heavy atom. The van der Waals surface area contributed by atoms with Crippen LogP contribution in [0.4, 0.5) is 0 Å². The van der Waals surface area contributed by atoms with Gasteiger partial charge in [0.15, 0.2) is 6.29 Å². The lowest BCUT2D eigenvalue weighted by molar-refractivity contribution is -0.302. The van der Waals surface area contributed by atoms with Gasteiger partial charge in [-0.15, -0.1) is 0 Å². The Morgan fingerprint density at radius 2 is 1.11 bits per heavy atom. The summed E-state index contributed by atoms with van der Waals surface area (Å²) in [7, 11) is 0. The average Bonchev–Trinajstić information content (AvgIpc) is 3.27. The number of aliphatic hydroxyl groups excluding tert-OH is 5. The van der Waals surface area contributed by atoms with Gasteiger partial charge in [-0.25, -0.2) is 0 Å². The lowest BCUT2D eigenvalue weighted by Crippen LogP contribution is -2.60. The first-order valence-electron chi connectivity index (χ1n) is 24.5. The van der Waals surface area contributed by atoms with Crippen LogP contribution in [0.5, 0.6) is 0 Å². The van der Waals surface area contributed by atoms with Crippen LogP contribution in [-0.4, -0.2) is 100 Å². The fourth-order valence-corrected chi connectivity index (χ4v) is 7.16. The number of nitrogens with one attached hydrogen (secondary N) is 1. The van der Waals surface area contributed by atoms with Gasteiger partial charge in [-0.1, -0.05) is 125 Å².